The van der Waals surface area contributed by atoms with Gasteiger partial charge in [0.1, 0.15) is 0 Å². The van der Waals surface area contributed by atoms with Crippen molar-refractivity contribution in [2.75, 3.05) is 30.7 Å². The summed E-state index contributed by atoms with van der Waals surface area (Å²) >= 11 is 0. The van der Waals surface area contributed by atoms with Gasteiger partial charge in [-0.1, -0.05) is 6.42 Å². The lowest BCUT2D eigenvalue weighted by Gasteiger charge is -2.26. The van der Waals surface area contributed by atoms with E-state index >= 15 is 0 Å². The number of hydrogen-bond donors (Lipinski definition) is 2. The summed E-state index contributed by atoms with van der Waals surface area (Å²) in [6.45, 7) is 5.38. The summed E-state index contributed by atoms with van der Waals surface area (Å²) in [6.07, 6.45) is 5.47. The van der Waals surface area contributed by atoms with E-state index in [1.165, 1.54) is 32.4 Å². The van der Waals surface area contributed by atoms with Crippen LogP contribution in [0.15, 0.2) is 18.2 Å². The zero-order valence-electron chi connectivity index (χ0n) is 12.3. The van der Waals surface area contributed by atoms with Crippen molar-refractivity contribution in [3.63, 3.8) is 0 Å². The van der Waals surface area contributed by atoms with E-state index in [4.69, 9.17) is 5.73 Å². The first-order chi connectivity index (χ1) is 9.65. The molecule has 0 atom stereocenters. The summed E-state index contributed by atoms with van der Waals surface area (Å²) in [5, 5.41) is 2.96. The van der Waals surface area contributed by atoms with Gasteiger partial charge in [0.15, 0.2) is 0 Å². The lowest BCUT2D eigenvalue weighted by atomic mass is 10.1. The fraction of sp³-hybridized carbons (Fsp3) is 0.562. The maximum absolute atomic E-state index is 11.9. The molecular formula is C16H25N3O. The number of hydrogen-bond acceptors (Lipinski definition) is 3. The first-order valence-electron chi connectivity index (χ1n) is 7.53. The van der Waals surface area contributed by atoms with E-state index in [0.29, 0.717) is 6.42 Å². The molecule has 110 valence electrons. The Labute approximate surface area is 121 Å². The molecule has 1 aromatic rings. The maximum Gasteiger partial charge on any atom is 0.224 e. The number of carbonyl (C=O) groups is 1. The number of nitrogens with one attached hydrogen (secondary N) is 1. The number of nitrogens with zero attached hydrogens (tertiary/aromatic N) is 1. The second kappa shape index (κ2) is 7.29. The van der Waals surface area contributed by atoms with Crippen LogP contribution in [-0.4, -0.2) is 30.4 Å². The van der Waals surface area contributed by atoms with Crippen LogP contribution in [0.4, 0.5) is 11.4 Å². The highest BCUT2D eigenvalue weighted by atomic mass is 16.1. The Hall–Kier alpha value is -1.55. The SMILES string of the molecule is Cc1cc(N)ccc1NC(=O)CCCN1CCCCC1. The van der Waals surface area contributed by atoms with E-state index in [0.717, 1.165) is 29.9 Å². The maximum atomic E-state index is 11.9. The Kier molecular flexibility index (Phi) is 5.41. The van der Waals surface area contributed by atoms with Gasteiger partial charge in [0.25, 0.3) is 0 Å². The largest absolute Gasteiger partial charge is 0.399 e. The second-order valence-corrected chi connectivity index (χ2v) is 5.63. The minimum absolute atomic E-state index is 0.0925. The highest BCUT2D eigenvalue weighted by molar-refractivity contribution is 5.91. The average molecular weight is 275 g/mol. The Morgan fingerprint density at radius 2 is 2.05 bits per heavy atom. The van der Waals surface area contributed by atoms with Crippen molar-refractivity contribution in [3.05, 3.63) is 23.8 Å². The van der Waals surface area contributed by atoms with Gasteiger partial charge in [-0.25, -0.2) is 0 Å². The summed E-state index contributed by atoms with van der Waals surface area (Å²) in [4.78, 5) is 14.4. The Bertz CT molecular complexity index is 453. The summed E-state index contributed by atoms with van der Waals surface area (Å²) < 4.78 is 0. The van der Waals surface area contributed by atoms with Gasteiger partial charge in [0, 0.05) is 17.8 Å². The van der Waals surface area contributed by atoms with E-state index in [2.05, 4.69) is 10.2 Å². The number of benzene rings is 1. The fourth-order valence-corrected chi connectivity index (χ4v) is 2.69. The lowest BCUT2D eigenvalue weighted by molar-refractivity contribution is -0.116. The molecule has 0 unspecified atom stereocenters. The van der Waals surface area contributed by atoms with Crippen LogP contribution < -0.4 is 11.1 Å². The molecule has 0 aliphatic carbocycles. The third kappa shape index (κ3) is 4.53. The minimum Gasteiger partial charge on any atom is -0.399 e. The van der Waals surface area contributed by atoms with Gasteiger partial charge in [-0.3, -0.25) is 4.79 Å². The highest BCUT2D eigenvalue weighted by Gasteiger charge is 2.10. The number of anilines is 2. The lowest BCUT2D eigenvalue weighted by Crippen LogP contribution is -2.31. The van der Waals surface area contributed by atoms with E-state index < -0.39 is 0 Å². The van der Waals surface area contributed by atoms with Crippen molar-refractivity contribution in [2.24, 2.45) is 0 Å². The van der Waals surface area contributed by atoms with Gasteiger partial charge < -0.3 is 16.0 Å². The normalized spacial score (nSPS) is 16.1. The second-order valence-electron chi connectivity index (χ2n) is 5.63. The first-order valence-corrected chi connectivity index (χ1v) is 7.53. The number of carbonyl (C=O) groups excluding carboxylic acids is 1. The molecule has 1 amide bonds. The third-order valence-corrected chi connectivity index (χ3v) is 3.85. The molecule has 0 saturated carbocycles. The molecule has 4 heteroatoms. The van der Waals surface area contributed by atoms with Gasteiger partial charge >= 0.3 is 0 Å². The number of likely N-dealkylation sites (tertiary alicyclic amines) is 1. The molecule has 2 rings (SSSR count). The average Bonchev–Trinajstić information content (AvgIpc) is 2.43. The van der Waals surface area contributed by atoms with Crippen LogP contribution in [0.25, 0.3) is 0 Å². The van der Waals surface area contributed by atoms with Crippen LogP contribution in [0.1, 0.15) is 37.7 Å². The number of amides is 1. The molecule has 4 nitrogen and oxygen atoms in total. The zero-order valence-corrected chi connectivity index (χ0v) is 12.3. The van der Waals surface area contributed by atoms with Crippen LogP contribution in [0.5, 0.6) is 0 Å². The van der Waals surface area contributed by atoms with Gasteiger partial charge in [0.05, 0.1) is 0 Å². The van der Waals surface area contributed by atoms with Gasteiger partial charge in [0.2, 0.25) is 5.91 Å². The fourth-order valence-electron chi connectivity index (χ4n) is 2.69. The Morgan fingerprint density at radius 1 is 1.30 bits per heavy atom. The molecule has 1 aromatic carbocycles. The summed E-state index contributed by atoms with van der Waals surface area (Å²) in [5.74, 6) is 0.0925. The molecular weight excluding hydrogens is 250 g/mol. The molecule has 1 heterocycles. The topological polar surface area (TPSA) is 58.4 Å². The molecule has 1 aliphatic heterocycles. The third-order valence-electron chi connectivity index (χ3n) is 3.85. The van der Waals surface area contributed by atoms with Crippen LogP contribution in [0, 0.1) is 6.92 Å². The van der Waals surface area contributed by atoms with Crippen LogP contribution in [-0.2, 0) is 4.79 Å². The number of rotatable bonds is 5. The minimum atomic E-state index is 0.0925. The van der Waals surface area contributed by atoms with Crippen LogP contribution in [0.2, 0.25) is 0 Å². The Morgan fingerprint density at radius 3 is 2.75 bits per heavy atom. The molecule has 0 aromatic heterocycles. The number of nitrogens with two attached hydrogens (primary N) is 1. The van der Waals surface area contributed by atoms with Gasteiger partial charge in [-0.15, -0.1) is 0 Å². The van der Waals surface area contributed by atoms with Crippen molar-refractivity contribution < 1.29 is 4.79 Å². The molecule has 0 spiro atoms. The molecule has 1 aliphatic rings. The monoisotopic (exact) mass is 275 g/mol. The van der Waals surface area contributed by atoms with E-state index in [1.807, 2.05) is 25.1 Å². The van der Waals surface area contributed by atoms with Crippen molar-refractivity contribution in [1.29, 1.82) is 0 Å². The molecule has 1 saturated heterocycles. The molecule has 0 radical (unpaired) electrons. The molecule has 1 fully saturated rings. The molecule has 0 bridgehead atoms. The van der Waals surface area contributed by atoms with E-state index in [1.54, 1.807) is 0 Å². The Balaban J connectivity index is 1.72. The highest BCUT2D eigenvalue weighted by Crippen LogP contribution is 2.18. The van der Waals surface area contributed by atoms with Crippen molar-refractivity contribution in [3.8, 4) is 0 Å². The predicted octanol–water partition coefficient (Wildman–Crippen LogP) is 2.78. The smallest absolute Gasteiger partial charge is 0.224 e. The summed E-state index contributed by atoms with van der Waals surface area (Å²) in [5.41, 5.74) is 8.30. The van der Waals surface area contributed by atoms with E-state index in [-0.39, 0.29) is 5.91 Å². The standard InChI is InChI=1S/C16H25N3O/c1-13-12-14(17)7-8-15(13)18-16(20)6-5-11-19-9-3-2-4-10-19/h7-8,12H,2-6,9-11,17H2,1H3,(H,18,20). The van der Waals surface area contributed by atoms with Crippen molar-refractivity contribution in [1.82, 2.24) is 4.90 Å². The predicted molar refractivity (Wildman–Crippen MR) is 83.7 cm³/mol. The number of piperidine rings is 1. The van der Waals surface area contributed by atoms with E-state index in [9.17, 15) is 4.79 Å². The quantitative estimate of drug-likeness (QED) is 0.812. The number of nitrogen functional groups attached to an aromatic ring is 1. The zero-order chi connectivity index (χ0) is 14.4. The van der Waals surface area contributed by atoms with Crippen LogP contribution >= 0.6 is 0 Å². The molecule has 20 heavy (non-hydrogen) atoms. The van der Waals surface area contributed by atoms with Crippen molar-refractivity contribution in [2.45, 2.75) is 39.0 Å². The van der Waals surface area contributed by atoms with Gasteiger partial charge in [-0.05, 0) is 69.6 Å². The molecule has 3 N–H and O–H groups in total. The van der Waals surface area contributed by atoms with Crippen molar-refractivity contribution >= 4 is 17.3 Å². The first kappa shape index (κ1) is 14.9. The summed E-state index contributed by atoms with van der Waals surface area (Å²) in [7, 11) is 0. The summed E-state index contributed by atoms with van der Waals surface area (Å²) in [6, 6.07) is 5.56. The van der Waals surface area contributed by atoms with Crippen LogP contribution in [0.3, 0.4) is 0 Å². The number of aryl methyl sites for hydroxylation is 1. The van der Waals surface area contributed by atoms with Gasteiger partial charge in [-0.2, -0.15) is 0 Å².